The Morgan fingerprint density at radius 3 is 1.76 bits per heavy atom. The number of carbonyl (C=O) groups is 5. The molecule has 6 rings (SSSR count). The molecular formula is C44H54N6O8. The van der Waals surface area contributed by atoms with Crippen LogP contribution in [0.2, 0.25) is 0 Å². The van der Waals surface area contributed by atoms with Crippen molar-refractivity contribution in [3.8, 4) is 11.1 Å². The fraction of sp³-hybridized carbons (Fsp3) is 0.477. The number of carbonyl (C=O) groups excluding carboxylic acids is 5. The lowest BCUT2D eigenvalue weighted by Crippen LogP contribution is -2.54. The summed E-state index contributed by atoms with van der Waals surface area (Å²) < 4.78 is 14.6. The quantitative estimate of drug-likeness (QED) is 0.197. The summed E-state index contributed by atoms with van der Waals surface area (Å²) >= 11 is 0. The van der Waals surface area contributed by atoms with E-state index < -0.39 is 30.2 Å². The highest BCUT2D eigenvalue weighted by molar-refractivity contribution is 6.05. The van der Waals surface area contributed by atoms with Gasteiger partial charge in [0.15, 0.2) is 0 Å². The number of likely N-dealkylation sites (tertiary alicyclic amines) is 1. The molecule has 2 aromatic carbocycles. The smallest absolute Gasteiger partial charge is 0.410 e. The zero-order chi connectivity index (χ0) is 41.7. The Kier molecular flexibility index (Phi) is 13.1. The number of alkyl carbamates (subject to hydrolysis) is 1. The average Bonchev–Trinajstić information content (AvgIpc) is 4.07. The second-order valence-electron chi connectivity index (χ2n) is 15.9. The van der Waals surface area contributed by atoms with Crippen LogP contribution in [0.4, 0.5) is 9.59 Å². The van der Waals surface area contributed by atoms with E-state index in [0.29, 0.717) is 19.4 Å². The van der Waals surface area contributed by atoms with E-state index in [-0.39, 0.29) is 55.3 Å². The molecule has 2 aromatic rings. The van der Waals surface area contributed by atoms with Crippen LogP contribution in [0.3, 0.4) is 0 Å². The summed E-state index contributed by atoms with van der Waals surface area (Å²) in [6.07, 6.45) is 5.47. The van der Waals surface area contributed by atoms with Crippen LogP contribution in [-0.2, 0) is 28.6 Å². The van der Waals surface area contributed by atoms with Crippen molar-refractivity contribution in [1.82, 2.24) is 20.0 Å². The van der Waals surface area contributed by atoms with E-state index >= 15 is 0 Å². The van der Waals surface area contributed by atoms with Crippen LogP contribution in [0.25, 0.3) is 22.3 Å². The maximum absolute atomic E-state index is 13.8. The molecule has 0 aliphatic carbocycles. The van der Waals surface area contributed by atoms with Gasteiger partial charge in [-0.2, -0.15) is 0 Å². The molecular weight excluding hydrogens is 741 g/mol. The normalized spacial score (nSPS) is 20.1. The number of hydrogen-bond donors (Lipinski definition) is 1. The third-order valence-corrected chi connectivity index (χ3v) is 11.6. The number of hydrogen-bond acceptors (Lipinski definition) is 10. The van der Waals surface area contributed by atoms with Gasteiger partial charge < -0.3 is 29.3 Å². The molecule has 14 heteroatoms. The van der Waals surface area contributed by atoms with Crippen LogP contribution in [0.1, 0.15) is 70.9 Å². The van der Waals surface area contributed by atoms with Crippen LogP contribution >= 0.6 is 0 Å². The predicted molar refractivity (Wildman–Crippen MR) is 220 cm³/mol. The highest BCUT2D eigenvalue weighted by Crippen LogP contribution is 2.34. The summed E-state index contributed by atoms with van der Waals surface area (Å²) in [7, 11) is 3.90. The van der Waals surface area contributed by atoms with Gasteiger partial charge in [-0.3, -0.25) is 29.3 Å². The van der Waals surface area contributed by atoms with Crippen molar-refractivity contribution in [2.45, 2.75) is 77.9 Å². The molecule has 2 fully saturated rings. The molecule has 0 bridgehead atoms. The molecule has 308 valence electrons. The Morgan fingerprint density at radius 1 is 0.707 bits per heavy atom. The first kappa shape index (κ1) is 41.8. The van der Waals surface area contributed by atoms with Crippen molar-refractivity contribution >= 4 is 52.5 Å². The SMILES string of the molecule is COC(=O)C[C@H](C(=O)N1CCC[C@H]1C1=NC=C(c2ccc(-c3ccc(C4=CN=C([C@@H]5CN(C(=O)OC)CN5C(=O)C(NC(=O)OC)C(C)C)C4)cc3)cc2)C1)C(C)C. The molecule has 58 heavy (non-hydrogen) atoms. The van der Waals surface area contributed by atoms with Crippen molar-refractivity contribution in [3.05, 3.63) is 72.1 Å². The zero-order valence-corrected chi connectivity index (χ0v) is 34.4. The van der Waals surface area contributed by atoms with E-state index in [4.69, 9.17) is 24.2 Å². The summed E-state index contributed by atoms with van der Waals surface area (Å²) in [6, 6.07) is 15.3. The lowest BCUT2D eigenvalue weighted by atomic mass is 9.90. The summed E-state index contributed by atoms with van der Waals surface area (Å²) in [6.45, 7) is 8.49. The van der Waals surface area contributed by atoms with Crippen molar-refractivity contribution in [3.63, 3.8) is 0 Å². The van der Waals surface area contributed by atoms with E-state index in [1.807, 2.05) is 45.0 Å². The molecule has 4 amide bonds. The Labute approximate surface area is 340 Å². The van der Waals surface area contributed by atoms with Gasteiger partial charge in [-0.05, 0) is 58.1 Å². The fourth-order valence-corrected chi connectivity index (χ4v) is 8.17. The summed E-state index contributed by atoms with van der Waals surface area (Å²) in [5, 5.41) is 2.64. The van der Waals surface area contributed by atoms with Gasteiger partial charge in [0, 0.05) is 43.2 Å². The van der Waals surface area contributed by atoms with Gasteiger partial charge in [0.1, 0.15) is 6.04 Å². The summed E-state index contributed by atoms with van der Waals surface area (Å²) in [4.78, 5) is 78.6. The van der Waals surface area contributed by atoms with Crippen LogP contribution in [0, 0.1) is 17.8 Å². The number of esters is 1. The molecule has 2 saturated heterocycles. The molecule has 14 nitrogen and oxygen atoms in total. The lowest BCUT2D eigenvalue weighted by molar-refractivity contribution is -0.148. The Hall–Kier alpha value is -5.79. The molecule has 1 unspecified atom stereocenters. The van der Waals surface area contributed by atoms with Gasteiger partial charge in [0.05, 0.1) is 59.0 Å². The molecule has 0 aromatic heterocycles. The molecule has 4 aliphatic rings. The van der Waals surface area contributed by atoms with Gasteiger partial charge in [-0.25, -0.2) is 9.59 Å². The zero-order valence-electron chi connectivity index (χ0n) is 34.4. The number of allylic oxidation sites excluding steroid dienone is 2. The van der Waals surface area contributed by atoms with E-state index in [1.165, 1.54) is 26.2 Å². The topological polar surface area (TPSA) is 160 Å². The number of rotatable bonds is 12. The van der Waals surface area contributed by atoms with E-state index in [2.05, 4.69) is 53.8 Å². The number of benzene rings is 2. The van der Waals surface area contributed by atoms with Crippen LogP contribution in [0.5, 0.6) is 0 Å². The number of nitrogens with one attached hydrogen (secondary N) is 1. The highest BCUT2D eigenvalue weighted by Gasteiger charge is 2.43. The van der Waals surface area contributed by atoms with Gasteiger partial charge in [0.2, 0.25) is 11.8 Å². The Morgan fingerprint density at radius 2 is 1.26 bits per heavy atom. The average molecular weight is 795 g/mol. The molecule has 4 heterocycles. The molecule has 1 N–H and O–H groups in total. The number of amides is 4. The number of nitrogens with zero attached hydrogens (tertiary/aromatic N) is 5. The first-order valence-electron chi connectivity index (χ1n) is 19.9. The molecule has 0 saturated carbocycles. The summed E-state index contributed by atoms with van der Waals surface area (Å²) in [5.41, 5.74) is 8.01. The third kappa shape index (κ3) is 9.00. The van der Waals surface area contributed by atoms with Crippen molar-refractivity contribution in [2.24, 2.45) is 27.7 Å². The van der Waals surface area contributed by atoms with Gasteiger partial charge in [-0.1, -0.05) is 76.2 Å². The number of ether oxygens (including phenoxy) is 3. The molecule has 4 aliphatic heterocycles. The predicted octanol–water partition coefficient (Wildman–Crippen LogP) is 6.17. The first-order valence-corrected chi connectivity index (χ1v) is 19.9. The Bertz CT molecular complexity index is 2020. The fourth-order valence-electron chi connectivity index (χ4n) is 8.17. The standard InChI is InChI=1S/C44H54N6O8/c1-26(2)34(21-39(51)56-5)41(52)49-18-8-9-37(49)35-19-32(22-45-35)30-14-10-28(11-15-30)29-12-16-31(17-13-29)33-20-36(46-23-33)38-24-48(44(55)58-7)25-50(38)42(53)40(27(3)4)47-43(54)57-6/h10-17,22-23,26-27,34,37-38,40H,8-9,18-21,24-25H2,1-7H3,(H,47,54)/t34-,37-,38-,40?/m0/s1. The van der Waals surface area contributed by atoms with Gasteiger partial charge in [0.25, 0.3) is 0 Å². The minimum absolute atomic E-state index is 0.00262. The Balaban J connectivity index is 1.07. The highest BCUT2D eigenvalue weighted by atomic mass is 16.5. The minimum Gasteiger partial charge on any atom is -0.469 e. The maximum atomic E-state index is 13.8. The molecule has 4 atom stereocenters. The van der Waals surface area contributed by atoms with Crippen molar-refractivity contribution in [2.75, 3.05) is 41.1 Å². The second-order valence-corrected chi connectivity index (χ2v) is 15.9. The van der Waals surface area contributed by atoms with E-state index in [0.717, 1.165) is 57.7 Å². The van der Waals surface area contributed by atoms with Gasteiger partial charge in [-0.15, -0.1) is 0 Å². The largest absolute Gasteiger partial charge is 0.469 e. The summed E-state index contributed by atoms with van der Waals surface area (Å²) in [5.74, 6) is -1.34. The molecule has 0 radical (unpaired) electrons. The van der Waals surface area contributed by atoms with E-state index in [1.54, 1.807) is 4.90 Å². The minimum atomic E-state index is -0.853. The van der Waals surface area contributed by atoms with E-state index in [9.17, 15) is 24.0 Å². The van der Waals surface area contributed by atoms with Crippen LogP contribution < -0.4 is 5.32 Å². The monoisotopic (exact) mass is 794 g/mol. The van der Waals surface area contributed by atoms with Crippen LogP contribution in [-0.4, -0.2) is 115 Å². The van der Waals surface area contributed by atoms with Crippen molar-refractivity contribution < 1.29 is 38.2 Å². The number of methoxy groups -OCH3 is 3. The molecule has 0 spiro atoms. The number of aliphatic imine (C=N–C) groups is 2. The maximum Gasteiger partial charge on any atom is 0.410 e. The van der Waals surface area contributed by atoms with Crippen molar-refractivity contribution in [1.29, 1.82) is 0 Å². The first-order chi connectivity index (χ1) is 27.8. The van der Waals surface area contributed by atoms with Gasteiger partial charge >= 0.3 is 18.2 Å². The van der Waals surface area contributed by atoms with Crippen LogP contribution in [0.15, 0.2) is 70.9 Å². The third-order valence-electron chi connectivity index (χ3n) is 11.6. The lowest BCUT2D eigenvalue weighted by Gasteiger charge is -2.30. The second kappa shape index (κ2) is 18.2.